The molecule has 0 aromatic rings. The summed E-state index contributed by atoms with van der Waals surface area (Å²) >= 11 is 0. The number of hydrogen-bond acceptors (Lipinski definition) is 1. The van der Waals surface area contributed by atoms with Crippen molar-refractivity contribution in [3.8, 4) is 0 Å². The van der Waals surface area contributed by atoms with Crippen molar-refractivity contribution in [3.63, 3.8) is 0 Å². The molecule has 0 aromatic heterocycles. The molecule has 1 atom stereocenters. The molecule has 1 heterocycles. The number of carbonyl (C=O) groups is 1. The third-order valence-corrected chi connectivity index (χ3v) is 2.31. The van der Waals surface area contributed by atoms with Crippen LogP contribution in [0, 0.1) is 5.92 Å². The fourth-order valence-electron chi connectivity index (χ4n) is 1.64. The SMILES string of the molecule is O=C1CC2CC=CC=C2CN1. The van der Waals surface area contributed by atoms with E-state index < -0.39 is 0 Å². The van der Waals surface area contributed by atoms with Gasteiger partial charge in [0.15, 0.2) is 0 Å². The first kappa shape index (κ1) is 6.65. The average molecular weight is 149 g/mol. The second-order valence-electron chi connectivity index (χ2n) is 3.08. The largest absolute Gasteiger partial charge is 0.352 e. The van der Waals surface area contributed by atoms with Crippen LogP contribution in [0.2, 0.25) is 0 Å². The van der Waals surface area contributed by atoms with Crippen LogP contribution < -0.4 is 5.32 Å². The Hall–Kier alpha value is -1.05. The van der Waals surface area contributed by atoms with Crippen molar-refractivity contribution in [1.29, 1.82) is 0 Å². The maximum absolute atomic E-state index is 11.0. The van der Waals surface area contributed by atoms with Gasteiger partial charge >= 0.3 is 0 Å². The lowest BCUT2D eigenvalue weighted by molar-refractivity contribution is -0.122. The highest BCUT2D eigenvalue weighted by molar-refractivity contribution is 5.78. The highest BCUT2D eigenvalue weighted by Gasteiger charge is 2.23. The van der Waals surface area contributed by atoms with Crippen molar-refractivity contribution in [2.24, 2.45) is 5.92 Å². The molecule has 11 heavy (non-hydrogen) atoms. The first-order valence-corrected chi connectivity index (χ1v) is 3.98. The predicted octanol–water partition coefficient (Wildman–Crippen LogP) is 1.01. The minimum absolute atomic E-state index is 0.197. The number of rotatable bonds is 0. The summed E-state index contributed by atoms with van der Waals surface area (Å²) in [6, 6.07) is 0. The van der Waals surface area contributed by atoms with E-state index in [1.807, 2.05) is 0 Å². The number of hydrogen-bond donors (Lipinski definition) is 1. The normalized spacial score (nSPS) is 28.9. The predicted molar refractivity (Wildman–Crippen MR) is 43.0 cm³/mol. The fourth-order valence-corrected chi connectivity index (χ4v) is 1.64. The van der Waals surface area contributed by atoms with Crippen molar-refractivity contribution in [1.82, 2.24) is 5.32 Å². The molecule has 1 saturated heterocycles. The summed E-state index contributed by atoms with van der Waals surface area (Å²) in [5.74, 6) is 0.691. The van der Waals surface area contributed by atoms with Gasteiger partial charge in [0.2, 0.25) is 5.91 Å². The van der Waals surface area contributed by atoms with Crippen LogP contribution in [0.1, 0.15) is 12.8 Å². The Labute approximate surface area is 66.0 Å². The maximum atomic E-state index is 11.0. The van der Waals surface area contributed by atoms with Crippen LogP contribution in [-0.2, 0) is 4.79 Å². The summed E-state index contributed by atoms with van der Waals surface area (Å²) < 4.78 is 0. The van der Waals surface area contributed by atoms with Gasteiger partial charge in [0.05, 0.1) is 0 Å². The first-order chi connectivity index (χ1) is 5.36. The molecule has 2 rings (SSSR count). The Morgan fingerprint density at radius 1 is 1.55 bits per heavy atom. The Kier molecular flexibility index (Phi) is 1.53. The third-order valence-electron chi connectivity index (χ3n) is 2.31. The topological polar surface area (TPSA) is 29.1 Å². The number of fused-ring (bicyclic) bond motifs is 1. The van der Waals surface area contributed by atoms with Crippen molar-refractivity contribution in [2.45, 2.75) is 12.8 Å². The molecule has 1 amide bonds. The summed E-state index contributed by atoms with van der Waals surface area (Å²) in [6.45, 7) is 0.758. The van der Waals surface area contributed by atoms with Crippen LogP contribution in [0.4, 0.5) is 0 Å². The molecule has 1 N–H and O–H groups in total. The Morgan fingerprint density at radius 2 is 2.45 bits per heavy atom. The lowest BCUT2D eigenvalue weighted by atomic mass is 9.86. The Bertz CT molecular complexity index is 240. The van der Waals surface area contributed by atoms with E-state index in [1.54, 1.807) is 0 Å². The number of carbonyl (C=O) groups excluding carboxylic acids is 1. The zero-order valence-corrected chi connectivity index (χ0v) is 6.34. The van der Waals surface area contributed by atoms with E-state index in [-0.39, 0.29) is 5.91 Å². The van der Waals surface area contributed by atoms with Gasteiger partial charge in [-0.1, -0.05) is 18.2 Å². The number of allylic oxidation sites excluding steroid dienone is 3. The highest BCUT2D eigenvalue weighted by atomic mass is 16.1. The molecule has 1 aliphatic carbocycles. The fraction of sp³-hybridized carbons (Fsp3) is 0.444. The van der Waals surface area contributed by atoms with E-state index in [9.17, 15) is 4.79 Å². The zero-order valence-electron chi connectivity index (χ0n) is 6.34. The van der Waals surface area contributed by atoms with Crippen molar-refractivity contribution in [3.05, 3.63) is 23.8 Å². The van der Waals surface area contributed by atoms with Crippen molar-refractivity contribution >= 4 is 5.91 Å². The van der Waals surface area contributed by atoms with Crippen LogP contribution >= 0.6 is 0 Å². The van der Waals surface area contributed by atoms with Gasteiger partial charge in [-0.25, -0.2) is 0 Å². The number of amides is 1. The van der Waals surface area contributed by atoms with Crippen molar-refractivity contribution in [2.75, 3.05) is 6.54 Å². The number of piperidine rings is 1. The molecule has 2 heteroatoms. The first-order valence-electron chi connectivity index (χ1n) is 3.98. The van der Waals surface area contributed by atoms with Gasteiger partial charge in [0, 0.05) is 13.0 Å². The van der Waals surface area contributed by atoms with Gasteiger partial charge < -0.3 is 5.32 Å². The van der Waals surface area contributed by atoms with Crippen LogP contribution in [0.5, 0.6) is 0 Å². The highest BCUT2D eigenvalue weighted by Crippen LogP contribution is 2.25. The average Bonchev–Trinajstić information content (AvgIpc) is 2.04. The molecular weight excluding hydrogens is 138 g/mol. The molecule has 0 saturated carbocycles. The molecule has 0 spiro atoms. The molecule has 1 fully saturated rings. The molecule has 58 valence electrons. The molecule has 1 unspecified atom stereocenters. The molecule has 2 aliphatic rings. The van der Waals surface area contributed by atoms with Gasteiger partial charge in [-0.15, -0.1) is 0 Å². The minimum atomic E-state index is 0.197. The van der Waals surface area contributed by atoms with Crippen LogP contribution in [0.25, 0.3) is 0 Å². The maximum Gasteiger partial charge on any atom is 0.220 e. The summed E-state index contributed by atoms with van der Waals surface area (Å²) in [5.41, 5.74) is 1.38. The van der Waals surface area contributed by atoms with Crippen LogP contribution in [-0.4, -0.2) is 12.5 Å². The van der Waals surface area contributed by atoms with Gasteiger partial charge in [0.1, 0.15) is 0 Å². The summed E-state index contributed by atoms with van der Waals surface area (Å²) in [6.07, 6.45) is 8.04. The summed E-state index contributed by atoms with van der Waals surface area (Å²) in [4.78, 5) is 11.0. The van der Waals surface area contributed by atoms with E-state index in [2.05, 4.69) is 23.5 Å². The van der Waals surface area contributed by atoms with Gasteiger partial charge in [0.25, 0.3) is 0 Å². The van der Waals surface area contributed by atoms with Crippen molar-refractivity contribution < 1.29 is 4.79 Å². The molecule has 0 aromatic carbocycles. The Balaban J connectivity index is 2.16. The molecule has 2 nitrogen and oxygen atoms in total. The molecule has 0 bridgehead atoms. The van der Waals surface area contributed by atoms with E-state index in [4.69, 9.17) is 0 Å². The Morgan fingerprint density at radius 3 is 3.36 bits per heavy atom. The van der Waals surface area contributed by atoms with E-state index in [0.717, 1.165) is 13.0 Å². The molecular formula is C9H11NO. The zero-order chi connectivity index (χ0) is 7.68. The lowest BCUT2D eigenvalue weighted by Crippen LogP contribution is -2.35. The second kappa shape index (κ2) is 2.53. The quantitative estimate of drug-likeness (QED) is 0.547. The molecule has 0 radical (unpaired) electrons. The second-order valence-corrected chi connectivity index (χ2v) is 3.08. The van der Waals surface area contributed by atoms with Gasteiger partial charge in [-0.05, 0) is 17.9 Å². The third kappa shape index (κ3) is 1.20. The molecule has 1 aliphatic heterocycles. The van der Waals surface area contributed by atoms with Gasteiger partial charge in [-0.2, -0.15) is 0 Å². The standard InChI is InChI=1S/C9H11NO/c11-9-5-7-3-1-2-4-8(7)6-10-9/h1-2,4,7H,3,5-6H2,(H,10,11). The summed E-state index contributed by atoms with van der Waals surface area (Å²) in [5, 5.41) is 2.84. The lowest BCUT2D eigenvalue weighted by Gasteiger charge is -2.26. The monoisotopic (exact) mass is 149 g/mol. The summed E-state index contributed by atoms with van der Waals surface area (Å²) in [7, 11) is 0. The van der Waals surface area contributed by atoms with E-state index in [1.165, 1.54) is 5.57 Å². The smallest absolute Gasteiger partial charge is 0.220 e. The van der Waals surface area contributed by atoms with Crippen LogP contribution in [0.3, 0.4) is 0 Å². The minimum Gasteiger partial charge on any atom is -0.352 e. The van der Waals surface area contributed by atoms with E-state index >= 15 is 0 Å². The van der Waals surface area contributed by atoms with E-state index in [0.29, 0.717) is 12.3 Å². The number of nitrogens with one attached hydrogen (secondary N) is 1. The van der Waals surface area contributed by atoms with Gasteiger partial charge in [-0.3, -0.25) is 4.79 Å². The van der Waals surface area contributed by atoms with Crippen LogP contribution in [0.15, 0.2) is 23.8 Å².